The van der Waals surface area contributed by atoms with Gasteiger partial charge in [-0.25, -0.2) is 14.6 Å². The molecular weight excluding hydrogens is 799 g/mol. The van der Waals surface area contributed by atoms with Crippen molar-refractivity contribution in [2.24, 2.45) is 4.99 Å². The Kier molecular flexibility index (Phi) is 12.2. The molecule has 5 rings (SSSR count). The third-order valence-corrected chi connectivity index (χ3v) is 9.71. The predicted molar refractivity (Wildman–Crippen MR) is 197 cm³/mol. The van der Waals surface area contributed by atoms with Crippen LogP contribution in [0.3, 0.4) is 0 Å². The van der Waals surface area contributed by atoms with E-state index in [-0.39, 0.29) is 31.0 Å². The summed E-state index contributed by atoms with van der Waals surface area (Å²) < 4.78 is 36.0. The van der Waals surface area contributed by atoms with E-state index < -0.39 is 18.0 Å². The lowest BCUT2D eigenvalue weighted by Crippen LogP contribution is -2.40. The third-order valence-electron chi connectivity index (χ3n) is 7.55. The SMILES string of the molecule is CCOC(=O)C1=C(C)N=c2s/c(=C\c3cc(I)c(OCc4ccccc4Cl)c(OC)c3)c(=O)n2[C@H]1c1ccc(OCC(=O)OC)c(OCC)c1. The van der Waals surface area contributed by atoms with Gasteiger partial charge in [-0.2, -0.15) is 0 Å². The topological polar surface area (TPSA) is 124 Å². The third kappa shape index (κ3) is 8.00. The zero-order valence-electron chi connectivity index (χ0n) is 27.9. The zero-order chi connectivity index (χ0) is 35.9. The first kappa shape index (κ1) is 36.9. The molecule has 0 unspecified atom stereocenters. The Hall–Kier alpha value is -4.34. The summed E-state index contributed by atoms with van der Waals surface area (Å²) in [5.74, 6) is 0.508. The molecular formula is C36H34ClIN2O9S. The maximum atomic E-state index is 14.2. The first-order valence-corrected chi connectivity index (χ1v) is 17.8. The molecule has 3 aromatic carbocycles. The van der Waals surface area contributed by atoms with Crippen molar-refractivity contribution in [3.63, 3.8) is 0 Å². The summed E-state index contributed by atoms with van der Waals surface area (Å²) in [6, 6.07) is 15.2. The number of hydrogen-bond acceptors (Lipinski definition) is 11. The van der Waals surface area contributed by atoms with E-state index in [1.165, 1.54) is 23.0 Å². The molecule has 0 saturated carbocycles. The van der Waals surface area contributed by atoms with Crippen molar-refractivity contribution < 1.29 is 38.0 Å². The first-order valence-electron chi connectivity index (χ1n) is 15.5. The van der Waals surface area contributed by atoms with Gasteiger partial charge in [0.05, 0.1) is 52.8 Å². The number of nitrogens with zero attached hydrogens (tertiary/aromatic N) is 2. The van der Waals surface area contributed by atoms with Crippen LogP contribution in [0.25, 0.3) is 6.08 Å². The van der Waals surface area contributed by atoms with Gasteiger partial charge in [-0.15, -0.1) is 0 Å². The van der Waals surface area contributed by atoms with Crippen LogP contribution in [0.4, 0.5) is 0 Å². The van der Waals surface area contributed by atoms with Crippen LogP contribution >= 0.6 is 45.5 Å². The second-order valence-corrected chi connectivity index (χ2v) is 13.3. The molecule has 1 atom stereocenters. The van der Waals surface area contributed by atoms with Gasteiger partial charge < -0.3 is 28.4 Å². The van der Waals surface area contributed by atoms with E-state index in [0.717, 1.165) is 9.13 Å². The van der Waals surface area contributed by atoms with Crippen LogP contribution in [0.15, 0.2) is 75.7 Å². The molecule has 1 aliphatic rings. The Morgan fingerprint density at radius 3 is 2.48 bits per heavy atom. The fourth-order valence-electron chi connectivity index (χ4n) is 5.26. The molecule has 1 aromatic heterocycles. The van der Waals surface area contributed by atoms with E-state index in [1.54, 1.807) is 57.4 Å². The van der Waals surface area contributed by atoms with Crippen molar-refractivity contribution in [1.29, 1.82) is 0 Å². The van der Waals surface area contributed by atoms with Gasteiger partial charge >= 0.3 is 11.9 Å². The summed E-state index contributed by atoms with van der Waals surface area (Å²) in [6.07, 6.45) is 1.75. The van der Waals surface area contributed by atoms with Gasteiger partial charge in [-0.1, -0.05) is 47.2 Å². The summed E-state index contributed by atoms with van der Waals surface area (Å²) in [4.78, 5) is 44.5. The molecule has 4 aromatic rings. The maximum absolute atomic E-state index is 14.2. The van der Waals surface area contributed by atoms with E-state index >= 15 is 0 Å². The Balaban J connectivity index is 1.59. The van der Waals surface area contributed by atoms with Crippen molar-refractivity contribution >= 4 is 63.5 Å². The molecule has 0 N–H and O–H groups in total. The highest BCUT2D eigenvalue weighted by Gasteiger charge is 2.34. The van der Waals surface area contributed by atoms with Gasteiger partial charge in [0.25, 0.3) is 5.56 Å². The summed E-state index contributed by atoms with van der Waals surface area (Å²) in [7, 11) is 2.82. The van der Waals surface area contributed by atoms with E-state index in [0.29, 0.717) is 60.8 Å². The summed E-state index contributed by atoms with van der Waals surface area (Å²) >= 11 is 9.69. The van der Waals surface area contributed by atoms with Crippen LogP contribution in [0.2, 0.25) is 5.02 Å². The Morgan fingerprint density at radius 2 is 1.78 bits per heavy atom. The van der Waals surface area contributed by atoms with E-state index in [4.69, 9.17) is 35.3 Å². The van der Waals surface area contributed by atoms with Crippen molar-refractivity contribution in [2.75, 3.05) is 34.0 Å². The number of benzene rings is 3. The molecule has 0 spiro atoms. The van der Waals surface area contributed by atoms with E-state index in [2.05, 4.69) is 32.3 Å². The lowest BCUT2D eigenvalue weighted by molar-refractivity contribution is -0.143. The fourth-order valence-corrected chi connectivity index (χ4v) is 7.28. The molecule has 0 saturated heterocycles. The van der Waals surface area contributed by atoms with Crippen LogP contribution in [0.5, 0.6) is 23.0 Å². The standard InChI is InChI=1S/C36H34ClIN2O9S/c1-6-46-27-17-22(12-13-26(27)48-19-30(41)45-5)32-31(35(43)47-7-2)20(3)39-36-40(32)34(42)29(50-36)16-21-14-25(38)33(28(15-21)44-4)49-18-23-10-8-9-11-24(23)37/h8-17,32H,6-7,18-19H2,1-5H3/b29-16-/t32-/m0/s1. The summed E-state index contributed by atoms with van der Waals surface area (Å²) in [6.45, 7) is 5.58. The molecule has 0 bridgehead atoms. The Labute approximate surface area is 310 Å². The summed E-state index contributed by atoms with van der Waals surface area (Å²) in [5, 5.41) is 0.602. The largest absolute Gasteiger partial charge is 0.493 e. The van der Waals surface area contributed by atoms with Crippen molar-refractivity contribution in [3.8, 4) is 23.0 Å². The smallest absolute Gasteiger partial charge is 0.343 e. The molecule has 0 fully saturated rings. The van der Waals surface area contributed by atoms with E-state index in [1.807, 2.05) is 31.2 Å². The van der Waals surface area contributed by atoms with Crippen molar-refractivity contribution in [3.05, 3.63) is 111 Å². The molecule has 50 heavy (non-hydrogen) atoms. The van der Waals surface area contributed by atoms with Gasteiger partial charge in [0.15, 0.2) is 34.4 Å². The van der Waals surface area contributed by atoms with Gasteiger partial charge in [-0.05, 0) is 90.9 Å². The van der Waals surface area contributed by atoms with Gasteiger partial charge in [0, 0.05) is 10.6 Å². The number of thiazole rings is 1. The molecule has 0 radical (unpaired) electrons. The highest BCUT2D eigenvalue weighted by Crippen LogP contribution is 2.37. The molecule has 14 heteroatoms. The van der Waals surface area contributed by atoms with Gasteiger partial charge in [0.1, 0.15) is 6.61 Å². The van der Waals surface area contributed by atoms with Gasteiger partial charge in [-0.3, -0.25) is 9.36 Å². The number of hydrogen-bond donors (Lipinski definition) is 0. The van der Waals surface area contributed by atoms with Crippen molar-refractivity contribution in [2.45, 2.75) is 33.4 Å². The lowest BCUT2D eigenvalue weighted by atomic mass is 9.95. The number of fused-ring (bicyclic) bond motifs is 1. The van der Waals surface area contributed by atoms with Crippen LogP contribution < -0.4 is 33.8 Å². The highest BCUT2D eigenvalue weighted by molar-refractivity contribution is 14.1. The minimum atomic E-state index is -0.892. The van der Waals surface area contributed by atoms with Crippen molar-refractivity contribution in [1.82, 2.24) is 4.57 Å². The number of methoxy groups -OCH3 is 2. The number of halogens is 2. The molecule has 0 aliphatic carbocycles. The van der Waals surface area contributed by atoms with Crippen LogP contribution in [0, 0.1) is 3.57 Å². The quantitative estimate of drug-likeness (QED) is 0.125. The maximum Gasteiger partial charge on any atom is 0.343 e. The average molecular weight is 833 g/mol. The normalized spacial score (nSPS) is 14.1. The number of esters is 2. The number of carbonyl (C=O) groups excluding carboxylic acids is 2. The highest BCUT2D eigenvalue weighted by atomic mass is 127. The van der Waals surface area contributed by atoms with Crippen LogP contribution in [-0.2, 0) is 25.7 Å². The summed E-state index contributed by atoms with van der Waals surface area (Å²) in [5.41, 5.74) is 2.37. The predicted octanol–water partition coefficient (Wildman–Crippen LogP) is 5.59. The number of allylic oxidation sites excluding steroid dienone is 1. The minimum absolute atomic E-state index is 0.135. The monoisotopic (exact) mass is 832 g/mol. The molecule has 2 heterocycles. The van der Waals surface area contributed by atoms with Crippen LogP contribution in [-0.4, -0.2) is 50.5 Å². The molecule has 11 nitrogen and oxygen atoms in total. The Morgan fingerprint density at radius 1 is 1.00 bits per heavy atom. The molecule has 0 amide bonds. The minimum Gasteiger partial charge on any atom is -0.493 e. The van der Waals surface area contributed by atoms with E-state index in [9.17, 15) is 14.4 Å². The second-order valence-electron chi connectivity index (χ2n) is 10.7. The fraction of sp³-hybridized carbons (Fsp3) is 0.278. The van der Waals surface area contributed by atoms with Crippen LogP contribution in [0.1, 0.15) is 43.5 Å². The number of aromatic nitrogens is 1. The number of rotatable bonds is 13. The molecule has 1 aliphatic heterocycles. The average Bonchev–Trinajstić information content (AvgIpc) is 3.40. The lowest BCUT2D eigenvalue weighted by Gasteiger charge is -2.25. The number of ether oxygens (including phenoxy) is 6. The first-order chi connectivity index (χ1) is 24.1. The zero-order valence-corrected chi connectivity index (χ0v) is 31.6. The second kappa shape index (κ2) is 16.6. The Bertz CT molecular complexity index is 2140. The molecule has 262 valence electrons. The number of carbonyl (C=O) groups is 2. The van der Waals surface area contributed by atoms with Gasteiger partial charge in [0.2, 0.25) is 0 Å².